The fourth-order valence-electron chi connectivity index (χ4n) is 10.2. The Morgan fingerprint density at radius 3 is 1.31 bits per heavy atom. The molecule has 0 aromatic carbocycles. The Balaban J connectivity index is 1.71. The highest BCUT2D eigenvalue weighted by atomic mass is 16.7. The molecule has 2 fully saturated rings. The van der Waals surface area contributed by atoms with Gasteiger partial charge in [0.2, 0.25) is 5.91 Å². The molecule has 12 unspecified atom stereocenters. The van der Waals surface area contributed by atoms with Gasteiger partial charge in [0.15, 0.2) is 12.6 Å². The van der Waals surface area contributed by atoms with E-state index in [0.717, 1.165) is 109 Å². The van der Waals surface area contributed by atoms with Gasteiger partial charge in [0.1, 0.15) is 48.8 Å². The summed E-state index contributed by atoms with van der Waals surface area (Å²) >= 11 is 0. The number of allylic oxidation sites excluding steroid dienone is 14. The summed E-state index contributed by atoms with van der Waals surface area (Å²) in [6.07, 6.45) is 52.9. The Hall–Kier alpha value is -2.83. The minimum Gasteiger partial charge on any atom is -0.394 e. The highest BCUT2D eigenvalue weighted by molar-refractivity contribution is 5.76. The van der Waals surface area contributed by atoms with Crippen molar-refractivity contribution in [2.45, 2.75) is 312 Å². The van der Waals surface area contributed by atoms with E-state index in [0.29, 0.717) is 12.8 Å². The third kappa shape index (κ3) is 36.6. The maximum Gasteiger partial charge on any atom is 0.220 e. The minimum absolute atomic E-state index is 0.220. The molecule has 0 radical (unpaired) electrons. The lowest BCUT2D eigenvalue weighted by molar-refractivity contribution is -0.359. The van der Waals surface area contributed by atoms with Crippen LogP contribution < -0.4 is 5.32 Å². The Kier molecular flexibility index (Phi) is 47.3. The summed E-state index contributed by atoms with van der Waals surface area (Å²) in [5.74, 6) is -0.220. The van der Waals surface area contributed by atoms with E-state index in [9.17, 15) is 45.6 Å². The van der Waals surface area contributed by atoms with Crippen LogP contribution in [-0.4, -0.2) is 140 Å². The zero-order valence-electron chi connectivity index (χ0n) is 50.5. The van der Waals surface area contributed by atoms with Crippen LogP contribution in [0.25, 0.3) is 0 Å². The topological polar surface area (TPSA) is 228 Å². The molecule has 0 spiro atoms. The predicted molar refractivity (Wildman–Crippen MR) is 327 cm³/mol. The predicted octanol–water partition coefficient (Wildman–Crippen LogP) is 12.1. The maximum atomic E-state index is 13.3. The van der Waals surface area contributed by atoms with Crippen molar-refractivity contribution < 1.29 is 64.6 Å². The zero-order chi connectivity index (χ0) is 58.8. The van der Waals surface area contributed by atoms with Crippen LogP contribution in [0.2, 0.25) is 0 Å². The van der Waals surface area contributed by atoms with E-state index in [4.69, 9.17) is 18.9 Å². The number of hydrogen-bond donors (Lipinski definition) is 9. The van der Waals surface area contributed by atoms with Crippen molar-refractivity contribution in [3.05, 3.63) is 85.1 Å². The molecule has 2 aliphatic heterocycles. The van der Waals surface area contributed by atoms with Gasteiger partial charge in [-0.05, 0) is 70.6 Å². The lowest BCUT2D eigenvalue weighted by atomic mass is 9.97. The second-order valence-corrected chi connectivity index (χ2v) is 22.5. The second kappa shape index (κ2) is 51.6. The molecule has 14 nitrogen and oxygen atoms in total. The second-order valence-electron chi connectivity index (χ2n) is 22.5. The quantitative estimate of drug-likeness (QED) is 0.0204. The molecule has 2 saturated heterocycles. The highest BCUT2D eigenvalue weighted by Gasteiger charge is 2.51. The van der Waals surface area contributed by atoms with Crippen LogP contribution >= 0.6 is 0 Å². The Morgan fingerprint density at radius 2 is 0.852 bits per heavy atom. The van der Waals surface area contributed by atoms with Crippen molar-refractivity contribution in [1.29, 1.82) is 0 Å². The Morgan fingerprint density at radius 1 is 0.457 bits per heavy atom. The van der Waals surface area contributed by atoms with Gasteiger partial charge in [0, 0.05) is 6.42 Å². The molecule has 0 aromatic heterocycles. The molecular weight excluding hydrogens is 1030 g/mol. The number of amides is 1. The van der Waals surface area contributed by atoms with E-state index in [1.54, 1.807) is 0 Å². The van der Waals surface area contributed by atoms with Gasteiger partial charge in [-0.2, -0.15) is 0 Å². The molecule has 2 rings (SSSR count). The number of rotatable bonds is 51. The van der Waals surface area contributed by atoms with E-state index in [1.165, 1.54) is 96.3 Å². The van der Waals surface area contributed by atoms with Crippen LogP contribution in [0, 0.1) is 0 Å². The normalized spacial score (nSPS) is 24.7. The first-order chi connectivity index (χ1) is 39.6. The molecule has 468 valence electrons. The summed E-state index contributed by atoms with van der Waals surface area (Å²) in [4.78, 5) is 13.3. The first-order valence-corrected chi connectivity index (χ1v) is 32.3. The summed E-state index contributed by atoms with van der Waals surface area (Å²) in [5, 5.41) is 87.4. The van der Waals surface area contributed by atoms with Crippen LogP contribution in [0.3, 0.4) is 0 Å². The van der Waals surface area contributed by atoms with Gasteiger partial charge in [0.25, 0.3) is 0 Å². The number of aliphatic hydroxyl groups excluding tert-OH is 8. The fraction of sp³-hybridized carbons (Fsp3) is 0.776. The van der Waals surface area contributed by atoms with Crippen molar-refractivity contribution in [3.63, 3.8) is 0 Å². The van der Waals surface area contributed by atoms with Gasteiger partial charge in [0.05, 0.1) is 32.0 Å². The average molecular weight is 1140 g/mol. The molecule has 0 bridgehead atoms. The summed E-state index contributed by atoms with van der Waals surface area (Å²) < 4.78 is 22.9. The monoisotopic (exact) mass is 1140 g/mol. The van der Waals surface area contributed by atoms with E-state index in [-0.39, 0.29) is 18.9 Å². The summed E-state index contributed by atoms with van der Waals surface area (Å²) in [6.45, 7) is 2.75. The maximum absolute atomic E-state index is 13.3. The molecule has 2 heterocycles. The first-order valence-electron chi connectivity index (χ1n) is 32.3. The van der Waals surface area contributed by atoms with Crippen molar-refractivity contribution in [3.8, 4) is 0 Å². The van der Waals surface area contributed by atoms with E-state index < -0.39 is 86.8 Å². The van der Waals surface area contributed by atoms with E-state index in [2.05, 4.69) is 104 Å². The van der Waals surface area contributed by atoms with Crippen LogP contribution in [0.15, 0.2) is 85.1 Å². The van der Waals surface area contributed by atoms with Crippen LogP contribution in [-0.2, 0) is 23.7 Å². The molecule has 14 heteroatoms. The number of hydrogen-bond acceptors (Lipinski definition) is 13. The number of ether oxygens (including phenoxy) is 4. The molecule has 2 aliphatic rings. The molecule has 9 N–H and O–H groups in total. The highest BCUT2D eigenvalue weighted by Crippen LogP contribution is 2.30. The number of carbonyl (C=O) groups is 1. The standard InChI is InChI=1S/C67H117NO13/c1-3-5-7-9-11-13-15-17-19-21-23-24-25-26-27-28-29-30-31-32-33-35-37-39-41-43-45-47-49-51-59(72)68-55(56(71)50-48-46-44-42-40-38-36-34-22-20-18-16-14-12-10-8-6-4-2)54-78-66-64(77)62(75)65(58(53-70)80-66)81-67-63(76)61(74)60(73)57(52-69)79-67/h5,7,11,13,17,19,23-24,26-27,29-30,32-33,55-58,60-67,69-71,73-77H,3-4,6,8-10,12,14-16,18,20-22,25,28,31,34-54H2,1-2H3,(H,68,72)/b7-5-,13-11-,19-17-,24-23-,27-26-,30-29-,33-32-. The van der Waals surface area contributed by atoms with Gasteiger partial charge >= 0.3 is 0 Å². The van der Waals surface area contributed by atoms with E-state index in [1.807, 2.05) is 0 Å². The lowest BCUT2D eigenvalue weighted by Gasteiger charge is -2.46. The average Bonchev–Trinajstić information content (AvgIpc) is 3.47. The van der Waals surface area contributed by atoms with Gasteiger partial charge in [-0.15, -0.1) is 0 Å². The third-order valence-corrected chi connectivity index (χ3v) is 15.4. The van der Waals surface area contributed by atoms with Gasteiger partial charge in [-0.25, -0.2) is 0 Å². The van der Waals surface area contributed by atoms with Crippen LogP contribution in [0.1, 0.15) is 239 Å². The van der Waals surface area contributed by atoms with E-state index >= 15 is 0 Å². The lowest BCUT2D eigenvalue weighted by Crippen LogP contribution is -2.65. The summed E-state index contributed by atoms with van der Waals surface area (Å²) in [5.41, 5.74) is 0. The molecule has 12 atom stereocenters. The SMILES string of the molecule is CC/C=C\C/C=C\C/C=C\C/C=C\C/C=C\C/C=C\C/C=C\CCCCCCCCCC(=O)NC(COC1OC(CO)C(OC2OC(CO)C(O)C(O)C2O)C(O)C1O)C(O)CCCCCCCCCCCCCCCCCCCC. The van der Waals surface area contributed by atoms with Crippen molar-refractivity contribution in [2.75, 3.05) is 19.8 Å². The van der Waals surface area contributed by atoms with Gasteiger partial charge in [-0.1, -0.05) is 247 Å². The van der Waals surface area contributed by atoms with Gasteiger partial charge < -0.3 is 65.1 Å². The molecular formula is C67H117NO13. The summed E-state index contributed by atoms with van der Waals surface area (Å²) in [6, 6.07) is -0.841. The van der Waals surface area contributed by atoms with Crippen LogP contribution in [0.4, 0.5) is 0 Å². The largest absolute Gasteiger partial charge is 0.394 e. The number of unbranched alkanes of at least 4 members (excludes halogenated alkanes) is 24. The first kappa shape index (κ1) is 74.3. The smallest absolute Gasteiger partial charge is 0.220 e. The Labute approximate surface area is 491 Å². The molecule has 81 heavy (non-hydrogen) atoms. The van der Waals surface area contributed by atoms with Crippen LogP contribution in [0.5, 0.6) is 0 Å². The van der Waals surface area contributed by atoms with Crippen molar-refractivity contribution in [2.24, 2.45) is 0 Å². The molecule has 0 aliphatic carbocycles. The minimum atomic E-state index is -1.79. The number of carbonyl (C=O) groups excluding carboxylic acids is 1. The summed E-state index contributed by atoms with van der Waals surface area (Å²) in [7, 11) is 0. The Bertz CT molecular complexity index is 1680. The molecule has 1 amide bonds. The fourth-order valence-corrected chi connectivity index (χ4v) is 10.2. The zero-order valence-corrected chi connectivity index (χ0v) is 50.5. The number of nitrogens with one attached hydrogen (secondary N) is 1. The van der Waals surface area contributed by atoms with Crippen molar-refractivity contribution >= 4 is 5.91 Å². The molecule has 0 saturated carbocycles. The number of aliphatic hydroxyl groups is 8. The van der Waals surface area contributed by atoms with Crippen molar-refractivity contribution in [1.82, 2.24) is 5.32 Å². The third-order valence-electron chi connectivity index (χ3n) is 15.4. The molecule has 0 aromatic rings. The van der Waals surface area contributed by atoms with Gasteiger partial charge in [-0.3, -0.25) is 4.79 Å².